The largest absolute Gasteiger partial charge is 0.495 e. The Hall–Kier alpha value is -2.71. The number of sulfonamides is 1. The molecule has 7 nitrogen and oxygen atoms in total. The number of methoxy groups -OCH3 is 1. The number of amides is 1. The molecule has 1 N–H and O–H groups in total. The average molecular weight is 431 g/mol. The van der Waals surface area contributed by atoms with Gasteiger partial charge in [-0.3, -0.25) is 9.59 Å². The number of hydrogen-bond donors (Lipinski definition) is 1. The van der Waals surface area contributed by atoms with Crippen LogP contribution in [0.1, 0.15) is 53.3 Å². The molecule has 2 aromatic carbocycles. The fourth-order valence-corrected chi connectivity index (χ4v) is 5.16. The Morgan fingerprint density at radius 1 is 0.967 bits per heavy atom. The quantitative estimate of drug-likeness (QED) is 0.705. The van der Waals surface area contributed by atoms with Gasteiger partial charge in [0.1, 0.15) is 10.6 Å². The summed E-state index contributed by atoms with van der Waals surface area (Å²) in [4.78, 5) is 24.3. The van der Waals surface area contributed by atoms with Gasteiger partial charge in [-0.25, -0.2) is 8.42 Å². The highest BCUT2D eigenvalue weighted by molar-refractivity contribution is 7.89. The molecule has 2 aromatic rings. The molecule has 1 fully saturated rings. The molecule has 1 aliphatic rings. The highest BCUT2D eigenvalue weighted by Crippen LogP contribution is 2.29. The van der Waals surface area contributed by atoms with Crippen LogP contribution in [-0.4, -0.2) is 44.6 Å². The van der Waals surface area contributed by atoms with Crippen LogP contribution in [0.4, 0.5) is 5.69 Å². The Morgan fingerprint density at radius 3 is 2.30 bits per heavy atom. The van der Waals surface area contributed by atoms with Crippen LogP contribution in [0.15, 0.2) is 47.4 Å². The van der Waals surface area contributed by atoms with Gasteiger partial charge >= 0.3 is 0 Å². The van der Waals surface area contributed by atoms with Gasteiger partial charge in [-0.1, -0.05) is 25.0 Å². The highest BCUT2D eigenvalue weighted by atomic mass is 32.2. The van der Waals surface area contributed by atoms with Crippen LogP contribution in [0, 0.1) is 0 Å². The van der Waals surface area contributed by atoms with Gasteiger partial charge in [0, 0.05) is 29.9 Å². The molecule has 1 aliphatic heterocycles. The Kier molecular flexibility index (Phi) is 6.89. The normalized spacial score (nSPS) is 15.3. The van der Waals surface area contributed by atoms with E-state index in [1.165, 1.54) is 36.5 Å². The summed E-state index contributed by atoms with van der Waals surface area (Å²) in [6.07, 6.45) is 3.64. The van der Waals surface area contributed by atoms with Crippen molar-refractivity contribution in [3.8, 4) is 5.75 Å². The maximum atomic E-state index is 13.2. The SMILES string of the molecule is COc1ccc(C(=O)Nc2cccc(C(C)=O)c2)cc1S(=O)(=O)N1CCCCCC1. The third-order valence-electron chi connectivity index (χ3n) is 5.14. The molecule has 0 bridgehead atoms. The molecule has 0 atom stereocenters. The minimum atomic E-state index is -3.79. The van der Waals surface area contributed by atoms with Crippen LogP contribution in [0.5, 0.6) is 5.75 Å². The first-order valence-corrected chi connectivity index (χ1v) is 11.4. The summed E-state index contributed by atoms with van der Waals surface area (Å²) in [5.74, 6) is -0.374. The van der Waals surface area contributed by atoms with E-state index in [-0.39, 0.29) is 22.0 Å². The van der Waals surface area contributed by atoms with Crippen LogP contribution in [-0.2, 0) is 10.0 Å². The Morgan fingerprint density at radius 2 is 1.67 bits per heavy atom. The Balaban J connectivity index is 1.91. The fourth-order valence-electron chi connectivity index (χ4n) is 3.46. The topological polar surface area (TPSA) is 92.8 Å². The van der Waals surface area contributed by atoms with E-state index in [2.05, 4.69) is 5.32 Å². The summed E-state index contributed by atoms with van der Waals surface area (Å²) in [6.45, 7) is 2.36. The van der Waals surface area contributed by atoms with Gasteiger partial charge in [0.15, 0.2) is 5.78 Å². The lowest BCUT2D eigenvalue weighted by Gasteiger charge is -2.21. The highest BCUT2D eigenvalue weighted by Gasteiger charge is 2.29. The molecule has 0 aromatic heterocycles. The van der Waals surface area contributed by atoms with Gasteiger partial charge in [-0.15, -0.1) is 0 Å². The van der Waals surface area contributed by atoms with Crippen LogP contribution in [0.25, 0.3) is 0 Å². The first-order chi connectivity index (χ1) is 14.3. The van der Waals surface area contributed by atoms with Crippen molar-refractivity contribution in [2.45, 2.75) is 37.5 Å². The molecular formula is C22H26N2O5S. The van der Waals surface area contributed by atoms with Gasteiger partial charge in [0.05, 0.1) is 7.11 Å². The summed E-state index contributed by atoms with van der Waals surface area (Å²) in [7, 11) is -2.38. The van der Waals surface area contributed by atoms with Gasteiger partial charge in [-0.2, -0.15) is 4.31 Å². The van der Waals surface area contributed by atoms with E-state index in [1.54, 1.807) is 24.3 Å². The van der Waals surface area contributed by atoms with Gasteiger partial charge in [-0.05, 0) is 50.1 Å². The molecular weight excluding hydrogens is 404 g/mol. The molecule has 0 spiro atoms. The number of carbonyl (C=O) groups is 2. The van der Waals surface area contributed by atoms with E-state index in [1.807, 2.05) is 0 Å². The molecule has 3 rings (SSSR count). The van der Waals surface area contributed by atoms with Crippen molar-refractivity contribution in [1.82, 2.24) is 4.31 Å². The number of ketones is 1. The maximum absolute atomic E-state index is 13.2. The molecule has 0 aliphatic carbocycles. The van der Waals surface area contributed by atoms with Gasteiger partial charge in [0.25, 0.3) is 5.91 Å². The van der Waals surface area contributed by atoms with Crippen molar-refractivity contribution in [3.05, 3.63) is 53.6 Å². The van der Waals surface area contributed by atoms with E-state index in [0.717, 1.165) is 25.7 Å². The molecule has 0 unspecified atom stereocenters. The zero-order chi connectivity index (χ0) is 21.7. The first-order valence-electron chi connectivity index (χ1n) is 9.93. The summed E-state index contributed by atoms with van der Waals surface area (Å²) >= 11 is 0. The number of Topliss-reactive ketones (excluding diaryl/α,β-unsaturated/α-hetero) is 1. The average Bonchev–Trinajstić information content (AvgIpc) is 3.03. The number of ether oxygens (including phenoxy) is 1. The van der Waals surface area contributed by atoms with Crippen molar-refractivity contribution in [2.75, 3.05) is 25.5 Å². The summed E-state index contributed by atoms with van der Waals surface area (Å²) in [6, 6.07) is 11.0. The van der Waals surface area contributed by atoms with E-state index >= 15 is 0 Å². The zero-order valence-electron chi connectivity index (χ0n) is 17.2. The summed E-state index contributed by atoms with van der Waals surface area (Å²) in [5, 5.41) is 2.72. The lowest BCUT2D eigenvalue weighted by atomic mass is 10.1. The number of benzene rings is 2. The number of hydrogen-bond acceptors (Lipinski definition) is 5. The van der Waals surface area contributed by atoms with Crippen molar-refractivity contribution < 1.29 is 22.7 Å². The molecule has 0 radical (unpaired) electrons. The lowest BCUT2D eigenvalue weighted by molar-refractivity contribution is 0.101. The Labute approximate surface area is 177 Å². The number of carbonyl (C=O) groups excluding carboxylic acids is 2. The van der Waals surface area contributed by atoms with Crippen molar-refractivity contribution in [3.63, 3.8) is 0 Å². The van der Waals surface area contributed by atoms with Gasteiger partial charge < -0.3 is 10.1 Å². The second-order valence-corrected chi connectivity index (χ2v) is 9.18. The van der Waals surface area contributed by atoms with Crippen molar-refractivity contribution in [1.29, 1.82) is 0 Å². The number of rotatable bonds is 6. The second-order valence-electron chi connectivity index (χ2n) is 7.28. The fraction of sp³-hybridized carbons (Fsp3) is 0.364. The molecule has 1 heterocycles. The molecule has 1 saturated heterocycles. The van der Waals surface area contributed by atoms with Crippen LogP contribution in [0.2, 0.25) is 0 Å². The van der Waals surface area contributed by atoms with E-state index in [4.69, 9.17) is 4.74 Å². The van der Waals surface area contributed by atoms with Gasteiger partial charge in [0.2, 0.25) is 10.0 Å². The third-order valence-corrected chi connectivity index (χ3v) is 7.06. The summed E-state index contributed by atoms with van der Waals surface area (Å²) in [5.41, 5.74) is 1.13. The minimum absolute atomic E-state index is 0.0166. The zero-order valence-corrected chi connectivity index (χ0v) is 18.0. The molecule has 8 heteroatoms. The molecule has 30 heavy (non-hydrogen) atoms. The second kappa shape index (κ2) is 9.40. The minimum Gasteiger partial charge on any atom is -0.495 e. The third kappa shape index (κ3) is 4.88. The van der Waals surface area contributed by atoms with Crippen LogP contribution >= 0.6 is 0 Å². The predicted octanol–water partition coefficient (Wildman–Crippen LogP) is 3.71. The monoisotopic (exact) mass is 430 g/mol. The van der Waals surface area contributed by atoms with Crippen LogP contribution in [0.3, 0.4) is 0 Å². The van der Waals surface area contributed by atoms with E-state index in [0.29, 0.717) is 24.3 Å². The predicted molar refractivity (Wildman–Crippen MR) is 115 cm³/mol. The van der Waals surface area contributed by atoms with Crippen molar-refractivity contribution in [2.24, 2.45) is 0 Å². The standard InChI is InChI=1S/C22H26N2O5S/c1-16(25)17-8-7-9-19(14-17)23-22(26)18-10-11-20(29-2)21(15-18)30(27,28)24-12-5-3-4-6-13-24/h7-11,14-15H,3-6,12-13H2,1-2H3,(H,23,26). The van der Waals surface area contributed by atoms with E-state index < -0.39 is 15.9 Å². The molecule has 0 saturated carbocycles. The number of anilines is 1. The van der Waals surface area contributed by atoms with Crippen molar-refractivity contribution >= 4 is 27.4 Å². The first kappa shape index (κ1) is 22.0. The lowest BCUT2D eigenvalue weighted by Crippen LogP contribution is -2.32. The Bertz CT molecular complexity index is 1040. The molecule has 160 valence electrons. The molecule has 1 amide bonds. The van der Waals surface area contributed by atoms with Crippen LogP contribution < -0.4 is 10.1 Å². The summed E-state index contributed by atoms with van der Waals surface area (Å²) < 4.78 is 33.2. The number of nitrogens with one attached hydrogen (secondary N) is 1. The number of nitrogens with zero attached hydrogens (tertiary/aromatic N) is 1. The maximum Gasteiger partial charge on any atom is 0.255 e. The smallest absolute Gasteiger partial charge is 0.255 e. The van der Waals surface area contributed by atoms with E-state index in [9.17, 15) is 18.0 Å².